The molecular formula is C28H18Cl2N2O8. The smallest absolute Gasteiger partial charge is 0.336 e. The van der Waals surface area contributed by atoms with Gasteiger partial charge >= 0.3 is 11.9 Å². The number of carbonyl (C=O) groups excluding carboxylic acids is 2. The fraction of sp³-hybridized carbons (Fsp3) is 0. The van der Waals surface area contributed by atoms with E-state index in [9.17, 15) is 39.6 Å². The van der Waals surface area contributed by atoms with E-state index in [1.807, 2.05) is 0 Å². The molecule has 0 bridgehead atoms. The van der Waals surface area contributed by atoms with Crippen molar-refractivity contribution < 1.29 is 39.6 Å². The molecule has 0 aliphatic heterocycles. The quantitative estimate of drug-likeness (QED) is 0.155. The highest BCUT2D eigenvalue weighted by molar-refractivity contribution is 6.35. The predicted molar refractivity (Wildman–Crippen MR) is 148 cm³/mol. The number of aromatic carboxylic acids is 2. The number of halogens is 2. The van der Waals surface area contributed by atoms with Gasteiger partial charge < -0.3 is 31.1 Å². The van der Waals surface area contributed by atoms with E-state index >= 15 is 0 Å². The molecule has 0 atom stereocenters. The van der Waals surface area contributed by atoms with Crippen molar-refractivity contribution in [3.05, 3.63) is 105 Å². The molecule has 0 saturated carbocycles. The molecule has 0 radical (unpaired) electrons. The van der Waals surface area contributed by atoms with Gasteiger partial charge in [-0.05, 0) is 71.8 Å². The predicted octanol–water partition coefficient (Wildman–Crippen LogP) is 5.97. The highest BCUT2D eigenvalue weighted by Crippen LogP contribution is 2.33. The monoisotopic (exact) mass is 580 g/mol. The van der Waals surface area contributed by atoms with Gasteiger partial charge in [-0.25, -0.2) is 9.59 Å². The molecule has 0 unspecified atom stereocenters. The van der Waals surface area contributed by atoms with E-state index in [-0.39, 0.29) is 55.2 Å². The average Bonchev–Trinajstić information content (AvgIpc) is 2.90. The second kappa shape index (κ2) is 11.4. The van der Waals surface area contributed by atoms with Crippen LogP contribution in [0.3, 0.4) is 0 Å². The summed E-state index contributed by atoms with van der Waals surface area (Å²) in [6, 6.07) is 16.1. The van der Waals surface area contributed by atoms with Crippen molar-refractivity contribution in [2.45, 2.75) is 0 Å². The zero-order valence-electron chi connectivity index (χ0n) is 20.1. The Balaban J connectivity index is 1.53. The number of hydrogen-bond acceptors (Lipinski definition) is 6. The number of carbonyl (C=O) groups is 4. The number of phenolic OH excluding ortho intramolecular Hbond substituents is 2. The number of carboxylic acid groups (broad SMARTS) is 2. The van der Waals surface area contributed by atoms with Crippen molar-refractivity contribution >= 4 is 58.3 Å². The average molecular weight is 581 g/mol. The molecule has 10 nitrogen and oxygen atoms in total. The summed E-state index contributed by atoms with van der Waals surface area (Å²) in [5.41, 5.74) is 0.523. The first kappa shape index (κ1) is 28.0. The van der Waals surface area contributed by atoms with Gasteiger partial charge in [-0.1, -0.05) is 35.3 Å². The minimum absolute atomic E-state index is 0.142. The molecule has 0 aliphatic carbocycles. The Morgan fingerprint density at radius 3 is 1.23 bits per heavy atom. The summed E-state index contributed by atoms with van der Waals surface area (Å²) >= 11 is 12.7. The molecule has 2 amide bonds. The lowest BCUT2D eigenvalue weighted by Crippen LogP contribution is -2.16. The first-order valence-corrected chi connectivity index (χ1v) is 12.0. The minimum Gasteiger partial charge on any atom is -0.508 e. The summed E-state index contributed by atoms with van der Waals surface area (Å²) in [5.74, 6) is -4.85. The second-order valence-electron chi connectivity index (χ2n) is 8.37. The first-order valence-electron chi connectivity index (χ1n) is 11.3. The summed E-state index contributed by atoms with van der Waals surface area (Å²) in [6.07, 6.45) is 0. The molecule has 202 valence electrons. The standard InChI is InChI=1S/C28H18Cl2N2O8/c29-21-9-13(1-7-23(21)31-25(35)17-5-3-15(33)11-19(17)27(37)38)14-2-8-24(22(30)10-14)32-26(36)18-6-4-16(34)12-20(18)28(39)40/h1-12,33-34H,(H,31,35)(H,32,36)(H,37,38)(H,39,40). The Kier molecular flexibility index (Phi) is 7.94. The third kappa shape index (κ3) is 5.98. The van der Waals surface area contributed by atoms with Crippen molar-refractivity contribution in [1.29, 1.82) is 0 Å². The molecule has 4 aromatic rings. The molecule has 4 rings (SSSR count). The van der Waals surface area contributed by atoms with Gasteiger partial charge in [0.25, 0.3) is 11.8 Å². The normalized spacial score (nSPS) is 10.6. The van der Waals surface area contributed by atoms with Crippen LogP contribution in [0.1, 0.15) is 41.4 Å². The fourth-order valence-electron chi connectivity index (χ4n) is 3.79. The molecule has 40 heavy (non-hydrogen) atoms. The van der Waals surface area contributed by atoms with Crippen LogP contribution in [0.5, 0.6) is 11.5 Å². The van der Waals surface area contributed by atoms with E-state index in [0.717, 1.165) is 12.1 Å². The van der Waals surface area contributed by atoms with E-state index in [1.54, 1.807) is 24.3 Å². The molecule has 0 aliphatic rings. The van der Waals surface area contributed by atoms with Gasteiger partial charge in [-0.15, -0.1) is 0 Å². The van der Waals surface area contributed by atoms with E-state index in [4.69, 9.17) is 23.2 Å². The Morgan fingerprint density at radius 2 is 0.900 bits per heavy atom. The molecule has 0 spiro atoms. The van der Waals surface area contributed by atoms with Crippen LogP contribution < -0.4 is 10.6 Å². The van der Waals surface area contributed by atoms with Gasteiger partial charge in [0.05, 0.1) is 43.7 Å². The minimum atomic E-state index is -1.38. The van der Waals surface area contributed by atoms with Crippen molar-refractivity contribution in [2.24, 2.45) is 0 Å². The number of hydrogen-bond donors (Lipinski definition) is 6. The highest BCUT2D eigenvalue weighted by Gasteiger charge is 2.20. The topological polar surface area (TPSA) is 173 Å². The molecule has 4 aromatic carbocycles. The highest BCUT2D eigenvalue weighted by atomic mass is 35.5. The van der Waals surface area contributed by atoms with Crippen molar-refractivity contribution in [1.82, 2.24) is 0 Å². The third-order valence-electron chi connectivity index (χ3n) is 5.72. The maximum absolute atomic E-state index is 12.7. The number of aromatic hydroxyl groups is 2. The number of nitrogens with one attached hydrogen (secondary N) is 2. The maximum atomic E-state index is 12.7. The lowest BCUT2D eigenvalue weighted by Gasteiger charge is -2.13. The summed E-state index contributed by atoms with van der Waals surface area (Å²) in [5, 5.41) is 43.1. The number of rotatable bonds is 7. The largest absolute Gasteiger partial charge is 0.508 e. The number of benzene rings is 4. The van der Waals surface area contributed by atoms with Crippen LogP contribution in [0.2, 0.25) is 10.0 Å². The SMILES string of the molecule is O=C(O)c1cc(O)ccc1C(=O)Nc1ccc(-c2ccc(NC(=O)c3ccc(O)cc3C(=O)O)c(Cl)c2)cc1Cl. The van der Waals surface area contributed by atoms with Crippen LogP contribution >= 0.6 is 23.2 Å². The molecule has 6 N–H and O–H groups in total. The Hall–Kier alpha value is -5.06. The lowest BCUT2D eigenvalue weighted by molar-refractivity contribution is 0.0683. The summed E-state index contributed by atoms with van der Waals surface area (Å²) in [4.78, 5) is 48.3. The van der Waals surface area contributed by atoms with E-state index in [0.29, 0.717) is 11.1 Å². The molecule has 0 saturated heterocycles. The zero-order valence-corrected chi connectivity index (χ0v) is 21.6. The van der Waals surface area contributed by atoms with Crippen LogP contribution in [0.15, 0.2) is 72.8 Å². The van der Waals surface area contributed by atoms with Gasteiger partial charge in [0.2, 0.25) is 0 Å². The number of amides is 2. The van der Waals surface area contributed by atoms with Crippen molar-refractivity contribution in [3.8, 4) is 22.6 Å². The van der Waals surface area contributed by atoms with E-state index < -0.39 is 23.8 Å². The van der Waals surface area contributed by atoms with Gasteiger partial charge in [0.1, 0.15) is 11.5 Å². The summed E-state index contributed by atoms with van der Waals surface area (Å²) in [6.45, 7) is 0. The molecule has 0 aromatic heterocycles. The van der Waals surface area contributed by atoms with E-state index in [1.165, 1.54) is 36.4 Å². The Morgan fingerprint density at radius 1 is 0.525 bits per heavy atom. The summed E-state index contributed by atoms with van der Waals surface area (Å²) in [7, 11) is 0. The molecule has 12 heteroatoms. The Bertz CT molecular complexity index is 1580. The van der Waals surface area contributed by atoms with E-state index in [2.05, 4.69) is 10.6 Å². The number of anilines is 2. The van der Waals surface area contributed by atoms with Crippen molar-refractivity contribution in [2.75, 3.05) is 10.6 Å². The molecule has 0 heterocycles. The van der Waals surface area contributed by atoms with Crippen LogP contribution in [0.25, 0.3) is 11.1 Å². The van der Waals surface area contributed by atoms with Crippen LogP contribution in [0.4, 0.5) is 11.4 Å². The second-order valence-corrected chi connectivity index (χ2v) is 9.18. The zero-order chi connectivity index (χ0) is 29.1. The van der Waals surface area contributed by atoms with Crippen LogP contribution in [-0.2, 0) is 0 Å². The van der Waals surface area contributed by atoms with Gasteiger partial charge in [0.15, 0.2) is 0 Å². The van der Waals surface area contributed by atoms with Crippen LogP contribution in [-0.4, -0.2) is 44.2 Å². The third-order valence-corrected chi connectivity index (χ3v) is 6.35. The first-order chi connectivity index (χ1) is 18.9. The fourth-order valence-corrected chi connectivity index (χ4v) is 4.24. The van der Waals surface area contributed by atoms with Gasteiger partial charge in [0, 0.05) is 0 Å². The Labute approximate surface area is 236 Å². The maximum Gasteiger partial charge on any atom is 0.336 e. The van der Waals surface area contributed by atoms with Crippen molar-refractivity contribution in [3.63, 3.8) is 0 Å². The summed E-state index contributed by atoms with van der Waals surface area (Å²) < 4.78 is 0. The molecular weight excluding hydrogens is 563 g/mol. The van der Waals surface area contributed by atoms with Crippen LogP contribution in [0, 0.1) is 0 Å². The van der Waals surface area contributed by atoms with Gasteiger partial charge in [-0.2, -0.15) is 0 Å². The lowest BCUT2D eigenvalue weighted by atomic mass is 10.0. The number of carboxylic acids is 2. The number of phenols is 2. The molecule has 0 fully saturated rings. The van der Waals surface area contributed by atoms with Gasteiger partial charge in [-0.3, -0.25) is 9.59 Å².